The normalized spacial score (nSPS) is 12.4. The van der Waals surface area contributed by atoms with Gasteiger partial charge in [0.2, 0.25) is 5.78 Å². The number of rotatable bonds is 3. The molecule has 0 aliphatic heterocycles. The minimum absolute atomic E-state index is 0.00806. The first-order valence-corrected chi connectivity index (χ1v) is 5.18. The van der Waals surface area contributed by atoms with Crippen molar-refractivity contribution in [3.8, 4) is 0 Å². The van der Waals surface area contributed by atoms with Gasteiger partial charge in [0.15, 0.2) is 5.76 Å². The fourth-order valence-electron chi connectivity index (χ4n) is 1.63. The highest BCUT2D eigenvalue weighted by atomic mass is 16.3. The summed E-state index contributed by atoms with van der Waals surface area (Å²) in [4.78, 5) is 16.0. The van der Waals surface area contributed by atoms with E-state index in [-0.39, 0.29) is 11.7 Å². The Kier molecular flexibility index (Phi) is 2.86. The van der Waals surface area contributed by atoms with Crippen LogP contribution in [0.1, 0.15) is 34.5 Å². The molecule has 0 amide bonds. The third-order valence-electron chi connectivity index (χ3n) is 2.69. The lowest BCUT2D eigenvalue weighted by atomic mass is 9.95. The van der Waals surface area contributed by atoms with E-state index in [1.54, 1.807) is 24.7 Å². The maximum Gasteiger partial charge on any atom is 0.205 e. The van der Waals surface area contributed by atoms with Crippen molar-refractivity contribution >= 4 is 5.78 Å². The highest BCUT2D eigenvalue weighted by molar-refractivity contribution is 5.99. The Balaban J connectivity index is 2.27. The maximum atomic E-state index is 12.1. The molecule has 1 unspecified atom stereocenters. The number of furan rings is 1. The first-order valence-electron chi connectivity index (χ1n) is 5.18. The van der Waals surface area contributed by atoms with Crippen LogP contribution in [-0.2, 0) is 0 Å². The van der Waals surface area contributed by atoms with Crippen molar-refractivity contribution in [3.05, 3.63) is 53.7 Å². The second kappa shape index (κ2) is 4.31. The summed E-state index contributed by atoms with van der Waals surface area (Å²) in [7, 11) is 0. The number of pyridine rings is 1. The predicted octanol–water partition coefficient (Wildman–Crippen LogP) is 2.97. The van der Waals surface area contributed by atoms with Crippen LogP contribution in [0.5, 0.6) is 0 Å². The Morgan fingerprint density at radius 3 is 2.56 bits per heavy atom. The molecule has 16 heavy (non-hydrogen) atoms. The molecule has 0 spiro atoms. The van der Waals surface area contributed by atoms with E-state index in [4.69, 9.17) is 4.42 Å². The quantitative estimate of drug-likeness (QED) is 0.739. The number of aryl methyl sites for hydroxylation is 1. The highest BCUT2D eigenvalue weighted by Crippen LogP contribution is 2.22. The molecule has 0 aliphatic rings. The van der Waals surface area contributed by atoms with Gasteiger partial charge in [0.1, 0.15) is 0 Å². The molecule has 0 aromatic carbocycles. The van der Waals surface area contributed by atoms with Gasteiger partial charge in [-0.15, -0.1) is 0 Å². The largest absolute Gasteiger partial charge is 0.461 e. The Morgan fingerprint density at radius 2 is 2.00 bits per heavy atom. The molecule has 0 N–H and O–H groups in total. The van der Waals surface area contributed by atoms with Crippen molar-refractivity contribution in [2.24, 2.45) is 0 Å². The van der Waals surface area contributed by atoms with E-state index in [0.717, 1.165) is 11.1 Å². The van der Waals surface area contributed by atoms with Crippen LogP contribution < -0.4 is 0 Å². The number of carbonyl (C=O) groups is 1. The predicted molar refractivity (Wildman–Crippen MR) is 60.4 cm³/mol. The van der Waals surface area contributed by atoms with E-state index in [2.05, 4.69) is 4.98 Å². The minimum Gasteiger partial charge on any atom is -0.461 e. The van der Waals surface area contributed by atoms with E-state index < -0.39 is 0 Å². The molecule has 0 bridgehead atoms. The summed E-state index contributed by atoms with van der Waals surface area (Å²) in [5.41, 5.74) is 1.83. The lowest BCUT2D eigenvalue weighted by molar-refractivity contribution is 0.0938. The summed E-state index contributed by atoms with van der Waals surface area (Å²) in [5, 5.41) is 0. The molecule has 2 aromatic rings. The third kappa shape index (κ3) is 1.89. The van der Waals surface area contributed by atoms with Gasteiger partial charge in [-0.25, -0.2) is 0 Å². The van der Waals surface area contributed by atoms with Gasteiger partial charge in [-0.1, -0.05) is 6.92 Å². The first-order chi connectivity index (χ1) is 7.70. The van der Waals surface area contributed by atoms with E-state index in [9.17, 15) is 4.79 Å². The molecule has 0 saturated carbocycles. The second-order valence-electron chi connectivity index (χ2n) is 3.80. The summed E-state index contributed by atoms with van der Waals surface area (Å²) in [5.74, 6) is 0.255. The summed E-state index contributed by atoms with van der Waals surface area (Å²) >= 11 is 0. The number of Topliss-reactive ketones (excluding diaryl/α,β-unsaturated/α-hetero) is 1. The van der Waals surface area contributed by atoms with Gasteiger partial charge in [0.25, 0.3) is 0 Å². The van der Waals surface area contributed by atoms with E-state index in [0.29, 0.717) is 5.76 Å². The molecule has 1 atom stereocenters. The molecule has 0 radical (unpaired) electrons. The van der Waals surface area contributed by atoms with Crippen LogP contribution in [0.15, 0.2) is 41.3 Å². The van der Waals surface area contributed by atoms with Gasteiger partial charge < -0.3 is 4.42 Å². The summed E-state index contributed by atoms with van der Waals surface area (Å²) in [6.45, 7) is 3.75. The SMILES string of the molecule is Cc1ccoc1C(=O)C(C)c1ccncc1. The summed E-state index contributed by atoms with van der Waals surface area (Å²) in [6, 6.07) is 5.49. The fraction of sp³-hybridized carbons (Fsp3) is 0.231. The van der Waals surface area contributed by atoms with E-state index >= 15 is 0 Å². The first kappa shape index (κ1) is 10.6. The molecule has 0 fully saturated rings. The molecular formula is C13H13NO2. The van der Waals surface area contributed by atoms with Gasteiger partial charge in [-0.05, 0) is 36.2 Å². The topological polar surface area (TPSA) is 43.1 Å². The van der Waals surface area contributed by atoms with Crippen molar-refractivity contribution in [3.63, 3.8) is 0 Å². The van der Waals surface area contributed by atoms with Crippen molar-refractivity contribution in [2.75, 3.05) is 0 Å². The molecule has 82 valence electrons. The highest BCUT2D eigenvalue weighted by Gasteiger charge is 2.21. The lowest BCUT2D eigenvalue weighted by Crippen LogP contribution is -2.09. The van der Waals surface area contributed by atoms with Crippen LogP contribution >= 0.6 is 0 Å². The van der Waals surface area contributed by atoms with E-state index in [1.807, 2.05) is 26.0 Å². The van der Waals surface area contributed by atoms with Crippen molar-refractivity contribution in [2.45, 2.75) is 19.8 Å². The fourth-order valence-corrected chi connectivity index (χ4v) is 1.63. The molecule has 3 nitrogen and oxygen atoms in total. The third-order valence-corrected chi connectivity index (χ3v) is 2.69. The Morgan fingerprint density at radius 1 is 1.31 bits per heavy atom. The summed E-state index contributed by atoms with van der Waals surface area (Å²) < 4.78 is 5.20. The lowest BCUT2D eigenvalue weighted by Gasteiger charge is -2.08. The Bertz CT molecular complexity index is 488. The molecule has 0 saturated heterocycles. The van der Waals surface area contributed by atoms with Crippen LogP contribution in [0.2, 0.25) is 0 Å². The molecule has 0 aliphatic carbocycles. The zero-order valence-electron chi connectivity index (χ0n) is 9.31. The van der Waals surface area contributed by atoms with Gasteiger partial charge >= 0.3 is 0 Å². The Labute approximate surface area is 94.1 Å². The van der Waals surface area contributed by atoms with Gasteiger partial charge in [0.05, 0.1) is 6.26 Å². The molecule has 2 aromatic heterocycles. The van der Waals surface area contributed by atoms with Crippen LogP contribution in [0.25, 0.3) is 0 Å². The smallest absolute Gasteiger partial charge is 0.205 e. The minimum atomic E-state index is -0.201. The molecule has 3 heteroatoms. The number of hydrogen-bond acceptors (Lipinski definition) is 3. The number of nitrogens with zero attached hydrogens (tertiary/aromatic N) is 1. The number of ketones is 1. The van der Waals surface area contributed by atoms with Crippen molar-refractivity contribution in [1.29, 1.82) is 0 Å². The number of aromatic nitrogens is 1. The average Bonchev–Trinajstić information content (AvgIpc) is 2.75. The van der Waals surface area contributed by atoms with Crippen molar-refractivity contribution < 1.29 is 9.21 Å². The number of hydrogen-bond donors (Lipinski definition) is 0. The van der Waals surface area contributed by atoms with E-state index in [1.165, 1.54) is 0 Å². The van der Waals surface area contributed by atoms with Crippen LogP contribution in [0.3, 0.4) is 0 Å². The van der Waals surface area contributed by atoms with Crippen LogP contribution in [0, 0.1) is 6.92 Å². The Hall–Kier alpha value is -1.90. The van der Waals surface area contributed by atoms with Crippen LogP contribution in [-0.4, -0.2) is 10.8 Å². The molecule has 2 rings (SSSR count). The zero-order valence-corrected chi connectivity index (χ0v) is 9.31. The molecular weight excluding hydrogens is 202 g/mol. The summed E-state index contributed by atoms with van der Waals surface area (Å²) in [6.07, 6.45) is 4.92. The van der Waals surface area contributed by atoms with Gasteiger partial charge in [-0.2, -0.15) is 0 Å². The standard InChI is InChI=1S/C13H13NO2/c1-9-5-8-16-13(9)12(15)10(2)11-3-6-14-7-4-11/h3-8,10H,1-2H3. The van der Waals surface area contributed by atoms with Gasteiger partial charge in [0, 0.05) is 18.3 Å². The monoisotopic (exact) mass is 215 g/mol. The maximum absolute atomic E-state index is 12.1. The van der Waals surface area contributed by atoms with Crippen LogP contribution in [0.4, 0.5) is 0 Å². The average molecular weight is 215 g/mol. The van der Waals surface area contributed by atoms with Gasteiger partial charge in [-0.3, -0.25) is 9.78 Å². The van der Waals surface area contributed by atoms with Crippen molar-refractivity contribution in [1.82, 2.24) is 4.98 Å². The molecule has 2 heterocycles. The second-order valence-corrected chi connectivity index (χ2v) is 3.80. The zero-order chi connectivity index (χ0) is 11.5. The number of carbonyl (C=O) groups excluding carboxylic acids is 1.